The molecule has 3 nitrogen and oxygen atoms in total. The van der Waals surface area contributed by atoms with Crippen LogP contribution in [-0.4, -0.2) is 11.9 Å². The van der Waals surface area contributed by atoms with E-state index in [1.165, 1.54) is 5.56 Å². The zero-order valence-electron chi connectivity index (χ0n) is 8.82. The van der Waals surface area contributed by atoms with E-state index in [1.54, 1.807) is 0 Å². The van der Waals surface area contributed by atoms with E-state index in [0.29, 0.717) is 6.42 Å². The second kappa shape index (κ2) is 4.45. The van der Waals surface area contributed by atoms with Crippen molar-refractivity contribution in [1.82, 2.24) is 0 Å². The number of carbonyl (C=O) groups excluding carboxylic acids is 1. The van der Waals surface area contributed by atoms with Gasteiger partial charge in [-0.3, -0.25) is 15.1 Å². The van der Waals surface area contributed by atoms with E-state index < -0.39 is 0 Å². The zero-order chi connectivity index (χ0) is 10.7. The van der Waals surface area contributed by atoms with Gasteiger partial charge in [0, 0.05) is 6.42 Å². The molecule has 0 aromatic heterocycles. The van der Waals surface area contributed by atoms with Crippen molar-refractivity contribution < 1.29 is 9.63 Å². The summed E-state index contributed by atoms with van der Waals surface area (Å²) >= 11 is 0. The Morgan fingerprint density at radius 2 is 2.07 bits per heavy atom. The molecule has 1 unspecified atom stereocenters. The summed E-state index contributed by atoms with van der Waals surface area (Å²) in [6.45, 7) is 2.03. The Kier molecular flexibility index (Phi) is 3.02. The fourth-order valence-corrected chi connectivity index (χ4v) is 1.67. The predicted molar refractivity (Wildman–Crippen MR) is 58.5 cm³/mol. The number of benzene rings is 1. The molecule has 3 heteroatoms. The summed E-state index contributed by atoms with van der Waals surface area (Å²) in [6.07, 6.45) is 2.17. The smallest absolute Gasteiger partial charge is 0.164 e. The van der Waals surface area contributed by atoms with Crippen LogP contribution >= 0.6 is 0 Å². The molecule has 0 saturated heterocycles. The summed E-state index contributed by atoms with van der Waals surface area (Å²) in [5.74, 6) is 0.203. The molecule has 1 fully saturated rings. The van der Waals surface area contributed by atoms with Crippen molar-refractivity contribution in [3.63, 3.8) is 0 Å². The monoisotopic (exact) mass is 205 g/mol. The molecule has 1 saturated carbocycles. The van der Waals surface area contributed by atoms with Gasteiger partial charge in [0.1, 0.15) is 6.10 Å². The Labute approximate surface area is 89.4 Å². The van der Waals surface area contributed by atoms with Gasteiger partial charge in [-0.05, 0) is 31.9 Å². The van der Waals surface area contributed by atoms with Crippen LogP contribution in [-0.2, 0) is 9.63 Å². The van der Waals surface area contributed by atoms with E-state index in [0.717, 1.165) is 18.5 Å². The molecule has 1 aromatic carbocycles. The first kappa shape index (κ1) is 10.2. The molecule has 15 heavy (non-hydrogen) atoms. The fraction of sp³-hybridized carbons (Fsp3) is 0.417. The van der Waals surface area contributed by atoms with Gasteiger partial charge < -0.3 is 0 Å². The molecule has 0 spiro atoms. The standard InChI is InChI=1S/C12H15NO2/c1-9-5-7-10(8-6-9)13-15-12-4-2-3-11(12)14/h5-8,12-13H,2-4H2,1H3. The quantitative estimate of drug-likeness (QED) is 0.770. The Morgan fingerprint density at radius 1 is 1.33 bits per heavy atom. The molecule has 1 aliphatic carbocycles. The van der Waals surface area contributed by atoms with E-state index in [4.69, 9.17) is 4.84 Å². The predicted octanol–water partition coefficient (Wildman–Crippen LogP) is 2.46. The van der Waals surface area contributed by atoms with Gasteiger partial charge in [0.25, 0.3) is 0 Å². The molecule has 0 heterocycles. The topological polar surface area (TPSA) is 38.3 Å². The summed E-state index contributed by atoms with van der Waals surface area (Å²) in [5, 5.41) is 0. The maximum absolute atomic E-state index is 11.3. The van der Waals surface area contributed by atoms with Gasteiger partial charge in [0.2, 0.25) is 0 Å². The maximum atomic E-state index is 11.3. The highest BCUT2D eigenvalue weighted by Gasteiger charge is 2.25. The molecule has 0 amide bonds. The van der Waals surface area contributed by atoms with Gasteiger partial charge in [-0.2, -0.15) is 0 Å². The van der Waals surface area contributed by atoms with Crippen LogP contribution in [0.5, 0.6) is 0 Å². The molecule has 0 radical (unpaired) electrons. The van der Waals surface area contributed by atoms with Gasteiger partial charge in [-0.1, -0.05) is 17.7 Å². The average Bonchev–Trinajstić information content (AvgIpc) is 2.63. The lowest BCUT2D eigenvalue weighted by Crippen LogP contribution is -2.20. The van der Waals surface area contributed by atoms with Gasteiger partial charge >= 0.3 is 0 Å². The fourth-order valence-electron chi connectivity index (χ4n) is 1.67. The van der Waals surface area contributed by atoms with E-state index in [2.05, 4.69) is 5.48 Å². The Bertz CT molecular complexity index is 345. The van der Waals surface area contributed by atoms with E-state index in [-0.39, 0.29) is 11.9 Å². The third-order valence-electron chi connectivity index (χ3n) is 2.62. The first-order chi connectivity index (χ1) is 7.25. The summed E-state index contributed by atoms with van der Waals surface area (Å²) < 4.78 is 0. The second-order valence-corrected chi connectivity index (χ2v) is 3.93. The van der Waals surface area contributed by atoms with Gasteiger partial charge in [-0.15, -0.1) is 0 Å². The first-order valence-corrected chi connectivity index (χ1v) is 5.27. The van der Waals surface area contributed by atoms with Crippen LogP contribution in [0.1, 0.15) is 24.8 Å². The van der Waals surface area contributed by atoms with Crippen LogP contribution in [0.3, 0.4) is 0 Å². The van der Waals surface area contributed by atoms with Crippen molar-refractivity contribution in [2.45, 2.75) is 32.3 Å². The number of hydrogen-bond acceptors (Lipinski definition) is 3. The molecular weight excluding hydrogens is 190 g/mol. The third kappa shape index (κ3) is 2.57. The molecule has 1 aromatic rings. The number of ketones is 1. The van der Waals surface area contributed by atoms with Gasteiger partial charge in [-0.25, -0.2) is 0 Å². The molecular formula is C12H15NO2. The molecule has 1 N–H and O–H groups in total. The number of aryl methyl sites for hydroxylation is 1. The molecule has 80 valence electrons. The minimum atomic E-state index is -0.258. The van der Waals surface area contributed by atoms with E-state index in [9.17, 15) is 4.79 Å². The van der Waals surface area contributed by atoms with E-state index in [1.807, 2.05) is 31.2 Å². The van der Waals surface area contributed by atoms with Crippen molar-refractivity contribution in [3.05, 3.63) is 29.8 Å². The highest BCUT2D eigenvalue weighted by atomic mass is 16.7. The average molecular weight is 205 g/mol. The maximum Gasteiger partial charge on any atom is 0.164 e. The summed E-state index contributed by atoms with van der Waals surface area (Å²) in [4.78, 5) is 16.6. The Morgan fingerprint density at radius 3 is 2.67 bits per heavy atom. The largest absolute Gasteiger partial charge is 0.297 e. The molecule has 1 aliphatic rings. The first-order valence-electron chi connectivity index (χ1n) is 5.27. The minimum Gasteiger partial charge on any atom is -0.297 e. The SMILES string of the molecule is Cc1ccc(NOC2CCCC2=O)cc1. The number of anilines is 1. The van der Waals surface area contributed by atoms with Crippen molar-refractivity contribution in [2.24, 2.45) is 0 Å². The van der Waals surface area contributed by atoms with Crippen LogP contribution in [0, 0.1) is 6.92 Å². The summed E-state index contributed by atoms with van der Waals surface area (Å²) in [7, 11) is 0. The van der Waals surface area contributed by atoms with Crippen LogP contribution in [0.2, 0.25) is 0 Å². The Hall–Kier alpha value is -1.35. The van der Waals surface area contributed by atoms with Crippen molar-refractivity contribution >= 4 is 11.5 Å². The summed E-state index contributed by atoms with van der Waals surface area (Å²) in [6, 6.07) is 7.88. The highest BCUT2D eigenvalue weighted by molar-refractivity contribution is 5.85. The van der Waals surface area contributed by atoms with Crippen molar-refractivity contribution in [3.8, 4) is 0 Å². The lowest BCUT2D eigenvalue weighted by molar-refractivity contribution is -0.125. The van der Waals surface area contributed by atoms with Crippen molar-refractivity contribution in [2.75, 3.05) is 5.48 Å². The normalized spacial score (nSPS) is 20.6. The molecule has 0 aliphatic heterocycles. The third-order valence-corrected chi connectivity index (χ3v) is 2.62. The van der Waals surface area contributed by atoms with E-state index >= 15 is 0 Å². The summed E-state index contributed by atoms with van der Waals surface area (Å²) in [5.41, 5.74) is 4.92. The number of rotatable bonds is 3. The lowest BCUT2D eigenvalue weighted by atomic mass is 10.2. The molecule has 2 rings (SSSR count). The Balaban J connectivity index is 1.87. The van der Waals surface area contributed by atoms with Gasteiger partial charge in [0.05, 0.1) is 5.69 Å². The zero-order valence-corrected chi connectivity index (χ0v) is 8.82. The lowest BCUT2D eigenvalue weighted by Gasteiger charge is -2.11. The highest BCUT2D eigenvalue weighted by Crippen LogP contribution is 2.18. The second-order valence-electron chi connectivity index (χ2n) is 3.93. The molecule has 1 atom stereocenters. The number of hydrogen-bond donors (Lipinski definition) is 1. The van der Waals surface area contributed by atoms with Crippen molar-refractivity contribution in [1.29, 1.82) is 0 Å². The number of carbonyl (C=O) groups is 1. The number of nitrogens with one attached hydrogen (secondary N) is 1. The van der Waals surface area contributed by atoms with Gasteiger partial charge in [0.15, 0.2) is 5.78 Å². The minimum absolute atomic E-state index is 0.203. The van der Waals surface area contributed by atoms with Crippen LogP contribution < -0.4 is 5.48 Å². The van der Waals surface area contributed by atoms with Crippen LogP contribution in [0.4, 0.5) is 5.69 Å². The molecule has 0 bridgehead atoms. The van der Waals surface area contributed by atoms with Crippen LogP contribution in [0.15, 0.2) is 24.3 Å². The number of Topliss-reactive ketones (excluding diaryl/α,β-unsaturated/α-hetero) is 1. The van der Waals surface area contributed by atoms with Crippen LogP contribution in [0.25, 0.3) is 0 Å².